The summed E-state index contributed by atoms with van der Waals surface area (Å²) in [5, 5.41) is 2.54. The molecule has 152 valence electrons. The molecule has 1 N–H and O–H groups in total. The predicted octanol–water partition coefficient (Wildman–Crippen LogP) is 5.67. The minimum atomic E-state index is -4.42. The van der Waals surface area contributed by atoms with E-state index in [1.807, 2.05) is 0 Å². The van der Waals surface area contributed by atoms with Gasteiger partial charge in [-0.3, -0.25) is 4.79 Å². The van der Waals surface area contributed by atoms with Crippen LogP contribution < -0.4 is 5.32 Å². The first-order valence-corrected chi connectivity index (χ1v) is 8.85. The summed E-state index contributed by atoms with van der Waals surface area (Å²) in [4.78, 5) is 12.6. The van der Waals surface area contributed by atoms with Gasteiger partial charge in [-0.15, -0.1) is 11.8 Å². The van der Waals surface area contributed by atoms with Crippen molar-refractivity contribution < 1.29 is 35.9 Å². The molecular formula is C18H15F6NO2S. The molecule has 0 spiro atoms. The summed E-state index contributed by atoms with van der Waals surface area (Å²) in [6.45, 7) is -1.64. The summed E-state index contributed by atoms with van der Waals surface area (Å²) in [6.07, 6.45) is -8.76. The molecular weight excluding hydrogens is 408 g/mol. The van der Waals surface area contributed by atoms with Crippen LogP contribution in [0.1, 0.15) is 15.9 Å². The lowest BCUT2D eigenvalue weighted by Crippen LogP contribution is -2.16. The number of alkyl halides is 6. The molecule has 0 saturated heterocycles. The molecule has 0 radical (unpaired) electrons. The largest absolute Gasteiger partial charge is 0.411 e. The Hall–Kier alpha value is -2.20. The van der Waals surface area contributed by atoms with Crippen molar-refractivity contribution in [2.75, 3.05) is 17.7 Å². The van der Waals surface area contributed by atoms with E-state index in [9.17, 15) is 31.1 Å². The number of anilines is 1. The highest BCUT2D eigenvalue weighted by molar-refractivity contribution is 7.99. The molecule has 0 saturated carbocycles. The van der Waals surface area contributed by atoms with E-state index in [0.717, 1.165) is 0 Å². The van der Waals surface area contributed by atoms with Gasteiger partial charge in [0, 0.05) is 10.5 Å². The maximum atomic E-state index is 12.4. The van der Waals surface area contributed by atoms with Crippen LogP contribution in [-0.2, 0) is 11.3 Å². The van der Waals surface area contributed by atoms with E-state index >= 15 is 0 Å². The standard InChI is InChI=1S/C18H15F6NO2S/c19-17(20,21)10-27-9-12-5-7-13(8-6-12)16(26)25-14-3-1-2-4-15(14)28-11-18(22,23)24/h1-8H,9-11H2,(H,25,26). The molecule has 10 heteroatoms. The monoisotopic (exact) mass is 423 g/mol. The number of benzene rings is 2. The second-order valence-electron chi connectivity index (χ2n) is 5.66. The second-order valence-corrected chi connectivity index (χ2v) is 6.68. The molecule has 3 nitrogen and oxygen atoms in total. The van der Waals surface area contributed by atoms with Crippen molar-refractivity contribution in [3.8, 4) is 0 Å². The average molecular weight is 423 g/mol. The van der Waals surface area contributed by atoms with Crippen molar-refractivity contribution in [1.29, 1.82) is 0 Å². The third kappa shape index (κ3) is 7.81. The Morgan fingerprint density at radius 3 is 2.18 bits per heavy atom. The van der Waals surface area contributed by atoms with Crippen molar-refractivity contribution in [1.82, 2.24) is 0 Å². The van der Waals surface area contributed by atoms with E-state index in [-0.39, 0.29) is 22.8 Å². The molecule has 1 amide bonds. The maximum absolute atomic E-state index is 12.4. The van der Waals surface area contributed by atoms with Gasteiger partial charge in [-0.1, -0.05) is 24.3 Å². The summed E-state index contributed by atoms with van der Waals surface area (Å²) in [7, 11) is 0. The molecule has 2 rings (SSSR count). The highest BCUT2D eigenvalue weighted by Gasteiger charge is 2.28. The Balaban J connectivity index is 1.98. The number of hydrogen-bond acceptors (Lipinski definition) is 3. The molecule has 0 aliphatic heterocycles. The number of carbonyl (C=O) groups is 1. The highest BCUT2D eigenvalue weighted by Crippen LogP contribution is 2.32. The fourth-order valence-corrected chi connectivity index (χ4v) is 2.86. The Kier molecular flexibility index (Phi) is 7.36. The van der Waals surface area contributed by atoms with Crippen LogP contribution in [0.3, 0.4) is 0 Å². The summed E-state index contributed by atoms with van der Waals surface area (Å²) < 4.78 is 77.9. The van der Waals surface area contributed by atoms with Crippen molar-refractivity contribution in [2.45, 2.75) is 23.9 Å². The zero-order valence-corrected chi connectivity index (χ0v) is 15.0. The molecule has 2 aromatic rings. The zero-order valence-electron chi connectivity index (χ0n) is 14.2. The van der Waals surface area contributed by atoms with Gasteiger partial charge in [-0.05, 0) is 29.8 Å². The first-order valence-electron chi connectivity index (χ1n) is 7.87. The number of thioether (sulfide) groups is 1. The van der Waals surface area contributed by atoms with E-state index in [1.165, 1.54) is 36.4 Å². The van der Waals surface area contributed by atoms with Crippen LogP contribution in [0.25, 0.3) is 0 Å². The van der Waals surface area contributed by atoms with Gasteiger partial charge in [0.2, 0.25) is 0 Å². The zero-order chi connectivity index (χ0) is 20.8. The lowest BCUT2D eigenvalue weighted by molar-refractivity contribution is -0.176. The Labute approximate surface area is 161 Å². The van der Waals surface area contributed by atoms with Crippen LogP contribution in [0.2, 0.25) is 0 Å². The molecule has 0 heterocycles. The third-order valence-electron chi connectivity index (χ3n) is 3.28. The van der Waals surface area contributed by atoms with Gasteiger partial charge in [0.05, 0.1) is 18.0 Å². The van der Waals surface area contributed by atoms with Gasteiger partial charge >= 0.3 is 12.4 Å². The van der Waals surface area contributed by atoms with Gasteiger partial charge < -0.3 is 10.1 Å². The van der Waals surface area contributed by atoms with Crippen molar-refractivity contribution in [3.05, 3.63) is 59.7 Å². The molecule has 0 fully saturated rings. The number of amides is 1. The minimum Gasteiger partial charge on any atom is -0.367 e. The molecule has 0 aromatic heterocycles. The van der Waals surface area contributed by atoms with Crippen molar-refractivity contribution in [3.63, 3.8) is 0 Å². The van der Waals surface area contributed by atoms with Crippen molar-refractivity contribution in [2.24, 2.45) is 0 Å². The number of carbonyl (C=O) groups excluding carboxylic acids is 1. The number of para-hydroxylation sites is 1. The van der Waals surface area contributed by atoms with Gasteiger partial charge in [0.1, 0.15) is 6.61 Å². The Morgan fingerprint density at radius 2 is 1.57 bits per heavy atom. The Morgan fingerprint density at radius 1 is 0.929 bits per heavy atom. The Bertz CT molecular complexity index is 790. The molecule has 2 aromatic carbocycles. The maximum Gasteiger partial charge on any atom is 0.411 e. The summed E-state index contributed by atoms with van der Waals surface area (Å²) in [5.41, 5.74) is 0.886. The molecule has 0 unspecified atom stereocenters. The first-order chi connectivity index (χ1) is 13.0. The van der Waals surface area contributed by atoms with Crippen LogP contribution in [-0.4, -0.2) is 30.6 Å². The van der Waals surface area contributed by atoms with Crippen LogP contribution in [0.4, 0.5) is 32.0 Å². The van der Waals surface area contributed by atoms with Crippen LogP contribution in [0.15, 0.2) is 53.4 Å². The van der Waals surface area contributed by atoms with E-state index < -0.39 is 30.6 Å². The summed E-state index contributed by atoms with van der Waals surface area (Å²) in [6, 6.07) is 11.8. The highest BCUT2D eigenvalue weighted by atomic mass is 32.2. The van der Waals surface area contributed by atoms with Crippen LogP contribution >= 0.6 is 11.8 Å². The first kappa shape index (κ1) is 22.1. The lowest BCUT2D eigenvalue weighted by atomic mass is 10.1. The van der Waals surface area contributed by atoms with E-state index in [1.54, 1.807) is 12.1 Å². The number of hydrogen-bond donors (Lipinski definition) is 1. The SMILES string of the molecule is O=C(Nc1ccccc1SCC(F)(F)F)c1ccc(COCC(F)(F)F)cc1. The normalized spacial score (nSPS) is 12.1. The van der Waals surface area contributed by atoms with Gasteiger partial charge in [-0.25, -0.2) is 0 Å². The molecule has 0 bridgehead atoms. The number of halogens is 6. The fourth-order valence-electron chi connectivity index (χ4n) is 2.09. The number of rotatable bonds is 7. The number of nitrogens with one attached hydrogen (secondary N) is 1. The summed E-state index contributed by atoms with van der Waals surface area (Å²) in [5.74, 6) is -1.64. The van der Waals surface area contributed by atoms with Gasteiger partial charge in [0.15, 0.2) is 0 Å². The van der Waals surface area contributed by atoms with Crippen molar-refractivity contribution >= 4 is 23.4 Å². The predicted molar refractivity (Wildman–Crippen MR) is 93.3 cm³/mol. The van der Waals surface area contributed by atoms with Crippen LogP contribution in [0, 0.1) is 0 Å². The van der Waals surface area contributed by atoms with E-state index in [0.29, 0.717) is 17.3 Å². The van der Waals surface area contributed by atoms with E-state index in [4.69, 9.17) is 0 Å². The van der Waals surface area contributed by atoms with E-state index in [2.05, 4.69) is 10.1 Å². The molecule has 0 atom stereocenters. The second kappa shape index (κ2) is 9.33. The fraction of sp³-hybridized carbons (Fsp3) is 0.278. The average Bonchev–Trinajstić information content (AvgIpc) is 2.60. The number of ether oxygens (including phenoxy) is 1. The smallest absolute Gasteiger partial charge is 0.367 e. The van der Waals surface area contributed by atoms with Gasteiger partial charge in [-0.2, -0.15) is 26.3 Å². The van der Waals surface area contributed by atoms with Crippen LogP contribution in [0.5, 0.6) is 0 Å². The quantitative estimate of drug-likeness (QED) is 0.461. The summed E-state index contributed by atoms with van der Waals surface area (Å²) >= 11 is 0.556. The topological polar surface area (TPSA) is 38.3 Å². The third-order valence-corrected chi connectivity index (χ3v) is 4.42. The lowest BCUT2D eigenvalue weighted by Gasteiger charge is -2.12. The minimum absolute atomic E-state index is 0.204. The van der Waals surface area contributed by atoms with Gasteiger partial charge in [0.25, 0.3) is 5.91 Å². The molecule has 0 aliphatic rings. The molecule has 28 heavy (non-hydrogen) atoms. The molecule has 0 aliphatic carbocycles.